The largest absolute Gasteiger partial charge is 0.383 e. The highest BCUT2D eigenvalue weighted by atomic mass is 79.9. The lowest BCUT2D eigenvalue weighted by Crippen LogP contribution is -2.18. The number of rotatable bonds is 2. The number of nitrogen functional groups attached to an aromatic ring is 1. The molecule has 0 fully saturated rings. The molecule has 0 aliphatic heterocycles. The van der Waals surface area contributed by atoms with Gasteiger partial charge in [-0.2, -0.15) is 0 Å². The SMILES string of the molecule is Cc1cccc(Cc2nc(N)c(Br)c(C(C)(C)C)n2)c1. The van der Waals surface area contributed by atoms with Gasteiger partial charge in [0.1, 0.15) is 11.6 Å². The smallest absolute Gasteiger partial charge is 0.141 e. The fraction of sp³-hybridized carbons (Fsp3) is 0.375. The van der Waals surface area contributed by atoms with E-state index >= 15 is 0 Å². The van der Waals surface area contributed by atoms with Gasteiger partial charge in [-0.25, -0.2) is 9.97 Å². The van der Waals surface area contributed by atoms with Crippen LogP contribution in [0.5, 0.6) is 0 Å². The van der Waals surface area contributed by atoms with E-state index in [1.807, 2.05) is 0 Å². The van der Waals surface area contributed by atoms with Crippen LogP contribution in [0.2, 0.25) is 0 Å². The van der Waals surface area contributed by atoms with E-state index in [-0.39, 0.29) is 5.41 Å². The summed E-state index contributed by atoms with van der Waals surface area (Å²) in [6, 6.07) is 8.38. The number of hydrogen-bond acceptors (Lipinski definition) is 3. The standard InChI is InChI=1S/C16H20BrN3/c1-10-6-5-7-11(8-10)9-12-19-14(16(2,3)4)13(17)15(18)20-12/h5-8H,9H2,1-4H3,(H2,18,19,20). The van der Waals surface area contributed by atoms with Crippen molar-refractivity contribution in [3.8, 4) is 0 Å². The molecule has 0 saturated heterocycles. The minimum absolute atomic E-state index is 0.0722. The fourth-order valence-corrected chi connectivity index (χ4v) is 2.87. The van der Waals surface area contributed by atoms with Crippen molar-refractivity contribution in [2.45, 2.75) is 39.5 Å². The van der Waals surface area contributed by atoms with Crippen LogP contribution in [-0.4, -0.2) is 9.97 Å². The number of anilines is 1. The van der Waals surface area contributed by atoms with E-state index in [1.165, 1.54) is 11.1 Å². The molecule has 2 aromatic rings. The summed E-state index contributed by atoms with van der Waals surface area (Å²) in [6.07, 6.45) is 0.697. The lowest BCUT2D eigenvalue weighted by atomic mass is 9.91. The van der Waals surface area contributed by atoms with Gasteiger partial charge in [-0.15, -0.1) is 0 Å². The molecule has 0 saturated carbocycles. The Balaban J connectivity index is 2.41. The number of aromatic nitrogens is 2. The van der Waals surface area contributed by atoms with Gasteiger partial charge in [0.25, 0.3) is 0 Å². The molecule has 0 atom stereocenters. The summed E-state index contributed by atoms with van der Waals surface area (Å²) in [6.45, 7) is 8.45. The molecule has 0 radical (unpaired) electrons. The summed E-state index contributed by atoms with van der Waals surface area (Å²) in [5, 5.41) is 0. The first-order chi connectivity index (χ1) is 9.27. The van der Waals surface area contributed by atoms with E-state index in [1.54, 1.807) is 0 Å². The summed E-state index contributed by atoms with van der Waals surface area (Å²) >= 11 is 3.50. The Labute approximate surface area is 128 Å². The maximum atomic E-state index is 6.00. The van der Waals surface area contributed by atoms with Crippen molar-refractivity contribution in [1.29, 1.82) is 0 Å². The number of benzene rings is 1. The van der Waals surface area contributed by atoms with Gasteiger partial charge in [0, 0.05) is 11.8 Å². The molecule has 0 unspecified atom stereocenters. The van der Waals surface area contributed by atoms with Crippen molar-refractivity contribution in [3.05, 3.63) is 51.4 Å². The molecular weight excluding hydrogens is 314 g/mol. The highest BCUT2D eigenvalue weighted by molar-refractivity contribution is 9.10. The molecule has 1 aromatic heterocycles. The minimum Gasteiger partial charge on any atom is -0.383 e. The van der Waals surface area contributed by atoms with Crippen molar-refractivity contribution >= 4 is 21.7 Å². The normalized spacial score (nSPS) is 11.7. The van der Waals surface area contributed by atoms with Crippen LogP contribution in [0.3, 0.4) is 0 Å². The zero-order valence-corrected chi connectivity index (χ0v) is 14.0. The highest BCUT2D eigenvalue weighted by Gasteiger charge is 2.22. The molecule has 1 heterocycles. The summed E-state index contributed by atoms with van der Waals surface area (Å²) in [4.78, 5) is 9.08. The van der Waals surface area contributed by atoms with Gasteiger partial charge in [0.2, 0.25) is 0 Å². The van der Waals surface area contributed by atoms with E-state index in [2.05, 4.69) is 72.9 Å². The van der Waals surface area contributed by atoms with Gasteiger partial charge >= 0.3 is 0 Å². The monoisotopic (exact) mass is 333 g/mol. The predicted molar refractivity (Wildman–Crippen MR) is 86.8 cm³/mol. The maximum absolute atomic E-state index is 6.00. The zero-order chi connectivity index (χ0) is 14.9. The van der Waals surface area contributed by atoms with Crippen LogP contribution >= 0.6 is 15.9 Å². The van der Waals surface area contributed by atoms with Gasteiger partial charge in [-0.1, -0.05) is 50.6 Å². The second-order valence-corrected chi connectivity index (χ2v) is 6.90. The van der Waals surface area contributed by atoms with Crippen molar-refractivity contribution in [2.75, 3.05) is 5.73 Å². The third-order valence-corrected chi connectivity index (χ3v) is 3.86. The molecule has 4 heteroatoms. The van der Waals surface area contributed by atoms with E-state index in [0.29, 0.717) is 12.2 Å². The molecule has 20 heavy (non-hydrogen) atoms. The first-order valence-electron chi connectivity index (χ1n) is 6.65. The van der Waals surface area contributed by atoms with E-state index in [9.17, 15) is 0 Å². The Morgan fingerprint density at radius 2 is 1.90 bits per heavy atom. The number of aryl methyl sites for hydroxylation is 1. The molecular formula is C16H20BrN3. The van der Waals surface area contributed by atoms with Crippen molar-refractivity contribution in [1.82, 2.24) is 9.97 Å². The highest BCUT2D eigenvalue weighted by Crippen LogP contribution is 2.31. The van der Waals surface area contributed by atoms with Crippen molar-refractivity contribution in [2.24, 2.45) is 0 Å². The van der Waals surface area contributed by atoms with Crippen LogP contribution in [0.15, 0.2) is 28.7 Å². The third kappa shape index (κ3) is 3.37. The Morgan fingerprint density at radius 1 is 1.20 bits per heavy atom. The number of nitrogens with zero attached hydrogens (tertiary/aromatic N) is 2. The average molecular weight is 334 g/mol. The van der Waals surface area contributed by atoms with Gasteiger partial charge in [-0.3, -0.25) is 0 Å². The summed E-state index contributed by atoms with van der Waals surface area (Å²) < 4.78 is 0.804. The molecule has 106 valence electrons. The predicted octanol–water partition coefficient (Wildman–Crippen LogP) is 4.02. The second-order valence-electron chi connectivity index (χ2n) is 6.10. The molecule has 0 aliphatic rings. The topological polar surface area (TPSA) is 51.8 Å². The minimum atomic E-state index is -0.0722. The number of nitrogens with two attached hydrogens (primary N) is 1. The van der Waals surface area contributed by atoms with E-state index in [4.69, 9.17) is 10.7 Å². The van der Waals surface area contributed by atoms with Crippen molar-refractivity contribution in [3.63, 3.8) is 0 Å². The Morgan fingerprint density at radius 3 is 2.50 bits per heavy atom. The van der Waals surface area contributed by atoms with Gasteiger partial charge in [-0.05, 0) is 28.4 Å². The molecule has 2 N–H and O–H groups in total. The maximum Gasteiger partial charge on any atom is 0.141 e. The van der Waals surface area contributed by atoms with Gasteiger partial charge in [0.15, 0.2) is 0 Å². The number of hydrogen-bond donors (Lipinski definition) is 1. The molecule has 0 spiro atoms. The molecule has 2 rings (SSSR count). The first kappa shape index (κ1) is 15.0. The Hall–Kier alpha value is -1.42. The van der Waals surface area contributed by atoms with Crippen LogP contribution in [0.4, 0.5) is 5.82 Å². The van der Waals surface area contributed by atoms with E-state index < -0.39 is 0 Å². The summed E-state index contributed by atoms with van der Waals surface area (Å²) in [7, 11) is 0. The quantitative estimate of drug-likeness (QED) is 0.902. The molecule has 1 aromatic carbocycles. The van der Waals surface area contributed by atoms with Crippen LogP contribution in [0.25, 0.3) is 0 Å². The first-order valence-corrected chi connectivity index (χ1v) is 7.44. The van der Waals surface area contributed by atoms with Gasteiger partial charge in [0.05, 0.1) is 10.2 Å². The average Bonchev–Trinajstić information content (AvgIpc) is 2.32. The molecule has 0 aliphatic carbocycles. The van der Waals surface area contributed by atoms with Crippen LogP contribution in [-0.2, 0) is 11.8 Å². The molecule has 0 amide bonds. The third-order valence-electron chi connectivity index (χ3n) is 3.08. The lowest BCUT2D eigenvalue weighted by molar-refractivity contribution is 0.560. The molecule has 3 nitrogen and oxygen atoms in total. The summed E-state index contributed by atoms with van der Waals surface area (Å²) in [5.74, 6) is 1.27. The summed E-state index contributed by atoms with van der Waals surface area (Å²) in [5.41, 5.74) is 9.32. The molecule has 0 bridgehead atoms. The lowest BCUT2D eigenvalue weighted by Gasteiger charge is -2.21. The van der Waals surface area contributed by atoms with Crippen molar-refractivity contribution < 1.29 is 0 Å². The van der Waals surface area contributed by atoms with E-state index in [0.717, 1.165) is 16.0 Å². The number of halogens is 1. The Kier molecular flexibility index (Phi) is 4.14. The second kappa shape index (κ2) is 5.52. The van der Waals surface area contributed by atoms with Crippen LogP contribution in [0, 0.1) is 6.92 Å². The Bertz CT molecular complexity index is 630. The van der Waals surface area contributed by atoms with Gasteiger partial charge < -0.3 is 5.73 Å². The van der Waals surface area contributed by atoms with Crippen LogP contribution in [0.1, 0.15) is 43.4 Å². The van der Waals surface area contributed by atoms with Crippen LogP contribution < -0.4 is 5.73 Å². The zero-order valence-electron chi connectivity index (χ0n) is 12.4. The fourth-order valence-electron chi connectivity index (χ4n) is 2.09.